The number of benzene rings is 2. The molecule has 0 atom stereocenters. The minimum Gasteiger partial charge on any atom is -0.332 e. The predicted octanol–water partition coefficient (Wildman–Crippen LogP) is 3.71. The van der Waals surface area contributed by atoms with Crippen LogP contribution in [0.1, 0.15) is 5.56 Å². The summed E-state index contributed by atoms with van der Waals surface area (Å²) in [5.74, 6) is 0. The quantitative estimate of drug-likeness (QED) is 0.788. The summed E-state index contributed by atoms with van der Waals surface area (Å²) in [4.78, 5) is 0.239. The minimum atomic E-state index is -3.52. The summed E-state index contributed by atoms with van der Waals surface area (Å²) >= 11 is 11.2. The first-order valence-corrected chi connectivity index (χ1v) is 9.29. The van der Waals surface area contributed by atoms with Crippen molar-refractivity contribution in [3.8, 4) is 0 Å². The fourth-order valence-corrected chi connectivity index (χ4v) is 3.58. The van der Waals surface area contributed by atoms with Gasteiger partial charge in [-0.3, -0.25) is 0 Å². The monoisotopic (exact) mass is 383 g/mol. The van der Waals surface area contributed by atoms with Crippen molar-refractivity contribution >= 4 is 50.3 Å². The fourth-order valence-electron chi connectivity index (χ4n) is 2.01. The number of anilines is 2. The van der Waals surface area contributed by atoms with Crippen LogP contribution in [0.3, 0.4) is 0 Å². The maximum absolute atomic E-state index is 12.4. The van der Waals surface area contributed by atoms with Crippen molar-refractivity contribution in [2.45, 2.75) is 11.8 Å². The van der Waals surface area contributed by atoms with E-state index in [0.29, 0.717) is 21.4 Å². The van der Waals surface area contributed by atoms with E-state index in [-0.39, 0.29) is 4.90 Å². The molecule has 2 aromatic carbocycles. The van der Waals surface area contributed by atoms with E-state index in [1.165, 1.54) is 18.4 Å². The second-order valence-electron chi connectivity index (χ2n) is 5.36. The number of nitrogens with one attached hydrogen (secondary N) is 2. The van der Waals surface area contributed by atoms with Crippen LogP contribution < -0.4 is 10.6 Å². The Balaban J connectivity index is 2.20. The van der Waals surface area contributed by atoms with E-state index in [0.717, 1.165) is 5.69 Å². The van der Waals surface area contributed by atoms with E-state index >= 15 is 0 Å². The maximum Gasteiger partial charge on any atom is 0.242 e. The molecule has 2 aromatic rings. The normalized spacial score (nSPS) is 11.4. The average Bonchev–Trinajstić information content (AvgIpc) is 2.48. The van der Waals surface area contributed by atoms with Crippen LogP contribution in [0.2, 0.25) is 5.02 Å². The number of hydrogen-bond acceptors (Lipinski definition) is 3. The van der Waals surface area contributed by atoms with Crippen LogP contribution in [0.5, 0.6) is 0 Å². The van der Waals surface area contributed by atoms with Gasteiger partial charge in [0, 0.05) is 30.5 Å². The summed E-state index contributed by atoms with van der Waals surface area (Å²) in [5, 5.41) is 6.92. The number of thiocarbonyl (C=S) groups is 1. The Kier molecular flexibility index (Phi) is 5.82. The largest absolute Gasteiger partial charge is 0.332 e. The second kappa shape index (κ2) is 7.48. The zero-order valence-corrected chi connectivity index (χ0v) is 15.9. The summed E-state index contributed by atoms with van der Waals surface area (Å²) < 4.78 is 25.9. The van der Waals surface area contributed by atoms with Gasteiger partial charge in [0.2, 0.25) is 10.0 Å². The Hall–Kier alpha value is -1.67. The predicted molar refractivity (Wildman–Crippen MR) is 103 cm³/mol. The number of sulfonamides is 1. The molecular formula is C16H18ClN3O2S2. The number of nitrogens with zero attached hydrogens (tertiary/aromatic N) is 1. The van der Waals surface area contributed by atoms with E-state index in [1.54, 1.807) is 43.3 Å². The van der Waals surface area contributed by atoms with E-state index in [2.05, 4.69) is 10.6 Å². The third-order valence-corrected chi connectivity index (χ3v) is 5.68. The lowest BCUT2D eigenvalue weighted by molar-refractivity contribution is 0.520. The van der Waals surface area contributed by atoms with Gasteiger partial charge in [0.1, 0.15) is 0 Å². The molecule has 2 N–H and O–H groups in total. The van der Waals surface area contributed by atoms with Crippen molar-refractivity contribution in [3.05, 3.63) is 53.1 Å². The molecule has 0 aliphatic carbocycles. The topological polar surface area (TPSA) is 61.4 Å². The Bertz CT molecular complexity index is 867. The smallest absolute Gasteiger partial charge is 0.242 e. The summed E-state index contributed by atoms with van der Waals surface area (Å²) in [6.07, 6.45) is 0. The molecule has 0 unspecified atom stereocenters. The molecule has 0 saturated heterocycles. The molecule has 5 nitrogen and oxygen atoms in total. The molecule has 0 aromatic heterocycles. The van der Waals surface area contributed by atoms with Gasteiger partial charge in [-0.1, -0.05) is 23.7 Å². The number of aryl methyl sites for hydroxylation is 1. The van der Waals surface area contributed by atoms with Crippen molar-refractivity contribution in [3.63, 3.8) is 0 Å². The first-order chi connectivity index (χ1) is 11.2. The van der Waals surface area contributed by atoms with Gasteiger partial charge in [-0.2, -0.15) is 0 Å². The zero-order chi connectivity index (χ0) is 17.9. The Morgan fingerprint density at radius 3 is 2.29 bits per heavy atom. The first-order valence-electron chi connectivity index (χ1n) is 7.07. The molecule has 128 valence electrons. The van der Waals surface area contributed by atoms with Crippen LogP contribution in [0.25, 0.3) is 0 Å². The van der Waals surface area contributed by atoms with Gasteiger partial charge in [-0.15, -0.1) is 0 Å². The lowest BCUT2D eigenvalue weighted by Gasteiger charge is -2.16. The highest BCUT2D eigenvalue weighted by atomic mass is 35.5. The zero-order valence-electron chi connectivity index (χ0n) is 13.5. The molecule has 0 saturated carbocycles. The lowest BCUT2D eigenvalue weighted by Crippen LogP contribution is -2.24. The van der Waals surface area contributed by atoms with Crippen LogP contribution in [-0.4, -0.2) is 31.9 Å². The molecule has 0 aliphatic heterocycles. The first kappa shape index (κ1) is 18.7. The Morgan fingerprint density at radius 2 is 1.71 bits per heavy atom. The van der Waals surface area contributed by atoms with E-state index in [1.807, 2.05) is 6.07 Å². The van der Waals surface area contributed by atoms with Crippen LogP contribution in [0.15, 0.2) is 47.4 Å². The van der Waals surface area contributed by atoms with E-state index in [9.17, 15) is 8.42 Å². The molecular weight excluding hydrogens is 366 g/mol. The van der Waals surface area contributed by atoms with E-state index < -0.39 is 10.0 Å². The minimum absolute atomic E-state index is 0.239. The molecule has 0 radical (unpaired) electrons. The van der Waals surface area contributed by atoms with Crippen LogP contribution in [-0.2, 0) is 10.0 Å². The van der Waals surface area contributed by atoms with Gasteiger partial charge in [-0.25, -0.2) is 12.7 Å². The standard InChI is InChI=1S/C16H18ClN3O2S2/c1-11-7-8-14(10-15(11)24(21,22)20(2)3)19-16(23)18-13-6-4-5-12(17)9-13/h4-10H,1-3H3,(H2,18,19,23). The van der Waals surface area contributed by atoms with Gasteiger partial charge in [0.25, 0.3) is 0 Å². The van der Waals surface area contributed by atoms with Crippen molar-refractivity contribution in [2.75, 3.05) is 24.7 Å². The average molecular weight is 384 g/mol. The molecule has 0 bridgehead atoms. The Morgan fingerprint density at radius 1 is 1.08 bits per heavy atom. The van der Waals surface area contributed by atoms with Crippen molar-refractivity contribution in [1.82, 2.24) is 4.31 Å². The van der Waals surface area contributed by atoms with Crippen molar-refractivity contribution in [1.29, 1.82) is 0 Å². The fraction of sp³-hybridized carbons (Fsp3) is 0.188. The highest BCUT2D eigenvalue weighted by molar-refractivity contribution is 7.89. The van der Waals surface area contributed by atoms with Crippen molar-refractivity contribution in [2.24, 2.45) is 0 Å². The van der Waals surface area contributed by atoms with Gasteiger partial charge < -0.3 is 10.6 Å². The molecule has 8 heteroatoms. The summed E-state index contributed by atoms with van der Waals surface area (Å²) in [6, 6.07) is 12.2. The molecule has 0 amide bonds. The number of rotatable bonds is 4. The SMILES string of the molecule is Cc1ccc(NC(=S)Nc2cccc(Cl)c2)cc1S(=O)(=O)N(C)C. The van der Waals surface area contributed by atoms with Gasteiger partial charge in [-0.05, 0) is 55.0 Å². The van der Waals surface area contributed by atoms with E-state index in [4.69, 9.17) is 23.8 Å². The van der Waals surface area contributed by atoms with Gasteiger partial charge >= 0.3 is 0 Å². The molecule has 0 spiro atoms. The number of hydrogen-bond donors (Lipinski definition) is 2. The molecule has 0 fully saturated rings. The highest BCUT2D eigenvalue weighted by Gasteiger charge is 2.20. The van der Waals surface area contributed by atoms with Crippen LogP contribution in [0, 0.1) is 6.92 Å². The molecule has 0 aliphatic rings. The third kappa shape index (κ3) is 4.45. The summed E-state index contributed by atoms with van der Waals surface area (Å²) in [7, 11) is -0.518. The van der Waals surface area contributed by atoms with Crippen LogP contribution in [0.4, 0.5) is 11.4 Å². The van der Waals surface area contributed by atoms with Gasteiger partial charge in [0.15, 0.2) is 5.11 Å². The maximum atomic E-state index is 12.4. The summed E-state index contributed by atoms with van der Waals surface area (Å²) in [5.41, 5.74) is 2.00. The molecule has 24 heavy (non-hydrogen) atoms. The van der Waals surface area contributed by atoms with Crippen LogP contribution >= 0.6 is 23.8 Å². The molecule has 0 heterocycles. The summed E-state index contributed by atoms with van der Waals surface area (Å²) in [6.45, 7) is 1.75. The number of halogens is 1. The van der Waals surface area contributed by atoms with Gasteiger partial charge in [0.05, 0.1) is 4.90 Å². The Labute approximate surface area is 152 Å². The third-order valence-electron chi connectivity index (χ3n) is 3.29. The highest BCUT2D eigenvalue weighted by Crippen LogP contribution is 2.23. The van der Waals surface area contributed by atoms with Crippen molar-refractivity contribution < 1.29 is 8.42 Å². The lowest BCUT2D eigenvalue weighted by atomic mass is 10.2. The molecule has 2 rings (SSSR count). The second-order valence-corrected chi connectivity index (χ2v) is 8.32.